The van der Waals surface area contributed by atoms with Gasteiger partial charge in [0.1, 0.15) is 10.8 Å². The van der Waals surface area contributed by atoms with Gasteiger partial charge >= 0.3 is 0 Å². The summed E-state index contributed by atoms with van der Waals surface area (Å²) in [5.41, 5.74) is 7.69. The molecule has 4 aromatic rings. The van der Waals surface area contributed by atoms with Gasteiger partial charge in [0, 0.05) is 10.9 Å². The Hall–Kier alpha value is -3.71. The van der Waals surface area contributed by atoms with Crippen LogP contribution in [0, 0.1) is 6.92 Å². The maximum absolute atomic E-state index is 12.3. The minimum atomic E-state index is -0.774. The molecule has 0 aliphatic carbocycles. The van der Waals surface area contributed by atoms with E-state index in [4.69, 9.17) is 4.74 Å². The number of ether oxygens (including phenoxy) is 1. The first-order chi connectivity index (χ1) is 15.5. The quantitative estimate of drug-likeness (QED) is 0.430. The molecule has 0 fully saturated rings. The minimum absolute atomic E-state index is 0.0720. The Balaban J connectivity index is 1.27. The molecule has 0 saturated heterocycles. The summed E-state index contributed by atoms with van der Waals surface area (Å²) in [4.78, 5) is 29.1. The number of carbonyl (C=O) groups is 2. The molecule has 162 valence electrons. The average Bonchev–Trinajstić information content (AvgIpc) is 3.26. The third kappa shape index (κ3) is 5.31. The standard InChI is InChI=1S/C25H23N3O3S/c1-16-7-9-19(10-8-16)25-26-21(15-32-25)14-23(29)27-28-24(30)17(2)31-22-12-11-18-5-3-4-6-20(18)13-22/h3-13,15,17H,14H2,1-2H3,(H,27,29)(H,28,30). The smallest absolute Gasteiger partial charge is 0.279 e. The molecule has 1 heterocycles. The van der Waals surface area contributed by atoms with Crippen LogP contribution < -0.4 is 15.6 Å². The highest BCUT2D eigenvalue weighted by molar-refractivity contribution is 7.13. The summed E-state index contributed by atoms with van der Waals surface area (Å²) < 4.78 is 5.72. The Kier molecular flexibility index (Phi) is 6.47. The largest absolute Gasteiger partial charge is 0.481 e. The Morgan fingerprint density at radius 3 is 2.53 bits per heavy atom. The first-order valence-electron chi connectivity index (χ1n) is 10.2. The number of rotatable bonds is 6. The van der Waals surface area contributed by atoms with Crippen LogP contribution in [0.2, 0.25) is 0 Å². The summed E-state index contributed by atoms with van der Waals surface area (Å²) in [5, 5.41) is 4.83. The fraction of sp³-hybridized carbons (Fsp3) is 0.160. The summed E-state index contributed by atoms with van der Waals surface area (Å²) in [5.74, 6) is -0.203. The van der Waals surface area contributed by atoms with Crippen molar-refractivity contribution in [3.05, 3.63) is 83.4 Å². The van der Waals surface area contributed by atoms with E-state index in [0.717, 1.165) is 21.3 Å². The van der Waals surface area contributed by atoms with Crippen LogP contribution in [0.15, 0.2) is 72.1 Å². The molecule has 0 spiro atoms. The van der Waals surface area contributed by atoms with E-state index in [-0.39, 0.29) is 12.3 Å². The first kappa shape index (κ1) is 21.5. The predicted octanol–water partition coefficient (Wildman–Crippen LogP) is 4.43. The van der Waals surface area contributed by atoms with Crippen molar-refractivity contribution >= 4 is 33.9 Å². The van der Waals surface area contributed by atoms with Crippen LogP contribution >= 0.6 is 11.3 Å². The number of nitrogens with one attached hydrogen (secondary N) is 2. The lowest BCUT2D eigenvalue weighted by Crippen LogP contribution is -2.47. The number of carbonyl (C=O) groups excluding carboxylic acids is 2. The van der Waals surface area contributed by atoms with Crippen molar-refractivity contribution < 1.29 is 14.3 Å². The number of benzene rings is 3. The van der Waals surface area contributed by atoms with Gasteiger partial charge in [-0.05, 0) is 36.8 Å². The molecule has 6 nitrogen and oxygen atoms in total. The zero-order valence-corrected chi connectivity index (χ0v) is 18.6. The zero-order chi connectivity index (χ0) is 22.5. The molecule has 1 atom stereocenters. The fourth-order valence-electron chi connectivity index (χ4n) is 3.16. The maximum atomic E-state index is 12.3. The van der Waals surface area contributed by atoms with E-state index in [1.807, 2.05) is 79.0 Å². The van der Waals surface area contributed by atoms with Crippen LogP contribution in [0.5, 0.6) is 5.75 Å². The number of hydrogen-bond donors (Lipinski definition) is 2. The van der Waals surface area contributed by atoms with E-state index < -0.39 is 12.0 Å². The molecule has 1 aromatic heterocycles. The van der Waals surface area contributed by atoms with Gasteiger partial charge in [0.25, 0.3) is 5.91 Å². The van der Waals surface area contributed by atoms with E-state index in [9.17, 15) is 9.59 Å². The Bertz CT molecular complexity index is 1250. The van der Waals surface area contributed by atoms with Crippen molar-refractivity contribution in [1.82, 2.24) is 15.8 Å². The highest BCUT2D eigenvalue weighted by Crippen LogP contribution is 2.24. The molecule has 0 bridgehead atoms. The van der Waals surface area contributed by atoms with Crippen molar-refractivity contribution in [2.45, 2.75) is 26.4 Å². The van der Waals surface area contributed by atoms with Crippen LogP contribution in [0.3, 0.4) is 0 Å². The van der Waals surface area contributed by atoms with Crippen molar-refractivity contribution in [2.75, 3.05) is 0 Å². The molecule has 0 radical (unpaired) electrons. The maximum Gasteiger partial charge on any atom is 0.279 e. The van der Waals surface area contributed by atoms with Gasteiger partial charge < -0.3 is 4.74 Å². The van der Waals surface area contributed by atoms with Crippen LogP contribution in [0.25, 0.3) is 21.3 Å². The second-order valence-electron chi connectivity index (χ2n) is 7.49. The molecule has 3 aromatic carbocycles. The van der Waals surface area contributed by atoms with Gasteiger partial charge in [-0.3, -0.25) is 20.4 Å². The van der Waals surface area contributed by atoms with Gasteiger partial charge in [0.2, 0.25) is 5.91 Å². The van der Waals surface area contributed by atoms with Crippen LogP contribution in [-0.2, 0) is 16.0 Å². The Morgan fingerprint density at radius 2 is 1.75 bits per heavy atom. The van der Waals surface area contributed by atoms with Crippen LogP contribution in [0.4, 0.5) is 0 Å². The zero-order valence-electron chi connectivity index (χ0n) is 17.8. The van der Waals surface area contributed by atoms with Gasteiger partial charge in [0.15, 0.2) is 6.10 Å². The molecule has 1 unspecified atom stereocenters. The number of hydrazine groups is 1. The SMILES string of the molecule is Cc1ccc(-c2nc(CC(=O)NNC(=O)C(C)Oc3ccc4ccccc4c3)cs2)cc1. The molecule has 4 rings (SSSR count). The lowest BCUT2D eigenvalue weighted by Gasteiger charge is -2.15. The second kappa shape index (κ2) is 9.62. The molecule has 7 heteroatoms. The summed E-state index contributed by atoms with van der Waals surface area (Å²) >= 11 is 1.48. The summed E-state index contributed by atoms with van der Waals surface area (Å²) in [7, 11) is 0. The molecular formula is C25H23N3O3S. The van der Waals surface area contributed by atoms with Crippen molar-refractivity contribution in [2.24, 2.45) is 0 Å². The van der Waals surface area contributed by atoms with Gasteiger partial charge in [-0.2, -0.15) is 0 Å². The molecule has 2 amide bonds. The minimum Gasteiger partial charge on any atom is -0.481 e. The number of hydrogen-bond acceptors (Lipinski definition) is 5. The molecule has 2 N–H and O–H groups in total. The fourth-order valence-corrected chi connectivity index (χ4v) is 3.98. The lowest BCUT2D eigenvalue weighted by atomic mass is 10.1. The monoisotopic (exact) mass is 445 g/mol. The van der Waals surface area contributed by atoms with Gasteiger partial charge in [-0.1, -0.05) is 60.2 Å². The highest BCUT2D eigenvalue weighted by atomic mass is 32.1. The first-order valence-corrected chi connectivity index (χ1v) is 11.1. The number of thiazole rings is 1. The number of aryl methyl sites for hydroxylation is 1. The lowest BCUT2D eigenvalue weighted by molar-refractivity contribution is -0.132. The summed E-state index contributed by atoms with van der Waals surface area (Å²) in [6.07, 6.45) is -0.702. The van der Waals surface area contributed by atoms with Gasteiger partial charge in [-0.25, -0.2) is 4.98 Å². The topological polar surface area (TPSA) is 80.3 Å². The van der Waals surface area contributed by atoms with E-state index in [0.29, 0.717) is 11.4 Å². The third-order valence-corrected chi connectivity index (χ3v) is 5.86. The normalized spacial score (nSPS) is 11.7. The highest BCUT2D eigenvalue weighted by Gasteiger charge is 2.16. The number of amides is 2. The van der Waals surface area contributed by atoms with Crippen LogP contribution in [0.1, 0.15) is 18.2 Å². The van der Waals surface area contributed by atoms with Gasteiger partial charge in [-0.15, -0.1) is 11.3 Å². The number of nitrogens with zero attached hydrogens (tertiary/aromatic N) is 1. The Morgan fingerprint density at radius 1 is 1.00 bits per heavy atom. The van der Waals surface area contributed by atoms with E-state index in [1.54, 1.807) is 6.92 Å². The number of aromatic nitrogens is 1. The molecule has 0 saturated carbocycles. The van der Waals surface area contributed by atoms with E-state index in [2.05, 4.69) is 15.8 Å². The summed E-state index contributed by atoms with van der Waals surface area (Å²) in [6, 6.07) is 21.6. The number of fused-ring (bicyclic) bond motifs is 1. The molecule has 0 aliphatic heterocycles. The molecule has 32 heavy (non-hydrogen) atoms. The molecule has 0 aliphatic rings. The average molecular weight is 446 g/mol. The van der Waals surface area contributed by atoms with Crippen LogP contribution in [-0.4, -0.2) is 22.9 Å². The molecular weight excluding hydrogens is 422 g/mol. The Labute approximate surface area is 190 Å². The van der Waals surface area contributed by atoms with Crippen molar-refractivity contribution in [3.8, 4) is 16.3 Å². The van der Waals surface area contributed by atoms with Gasteiger partial charge in [0.05, 0.1) is 12.1 Å². The van der Waals surface area contributed by atoms with Crippen molar-refractivity contribution in [1.29, 1.82) is 0 Å². The van der Waals surface area contributed by atoms with Crippen molar-refractivity contribution in [3.63, 3.8) is 0 Å². The van der Waals surface area contributed by atoms with E-state index >= 15 is 0 Å². The predicted molar refractivity (Wildman–Crippen MR) is 126 cm³/mol. The second-order valence-corrected chi connectivity index (χ2v) is 8.35. The third-order valence-electron chi connectivity index (χ3n) is 4.92. The van der Waals surface area contributed by atoms with E-state index in [1.165, 1.54) is 16.9 Å². The summed E-state index contributed by atoms with van der Waals surface area (Å²) in [6.45, 7) is 3.66.